The Balaban J connectivity index is 0.000000805. The van der Waals surface area contributed by atoms with Gasteiger partial charge in [-0.25, -0.2) is 14.1 Å². The number of halogens is 8. The third-order valence-electron chi connectivity index (χ3n) is 3.50. The average molecular weight is 482 g/mol. The Morgan fingerprint density at radius 1 is 1.00 bits per heavy atom. The zero-order valence-electron chi connectivity index (χ0n) is 16.7. The first-order valence-corrected chi connectivity index (χ1v) is 8.83. The van der Waals surface area contributed by atoms with Crippen LogP contribution < -0.4 is 9.13 Å². The van der Waals surface area contributed by atoms with Crippen LogP contribution in [0, 0.1) is 0 Å². The number of H-pyrrole nitrogens is 1. The van der Waals surface area contributed by atoms with Crippen LogP contribution in [0.15, 0.2) is 24.8 Å². The van der Waals surface area contributed by atoms with Gasteiger partial charge in [-0.1, -0.05) is 0 Å². The van der Waals surface area contributed by atoms with E-state index in [2.05, 4.69) is 4.98 Å². The standard InChI is InChI=1S/C14H19N4O4.2BF4/c1-3-16-7-8-18(14-15-5-6-17(14)4-2)13(16)12(22)11(21)10(20)9-19;2*2-1(3,4)5/h5-8,12,19,22H,3-4,9H2,1-2H3;;/q+1;2*-1/p+1. The van der Waals surface area contributed by atoms with E-state index in [1.54, 1.807) is 27.7 Å². The molecule has 0 bridgehead atoms. The van der Waals surface area contributed by atoms with E-state index in [1.165, 1.54) is 0 Å². The second kappa shape index (κ2) is 12.3. The Kier molecular flexibility index (Phi) is 11.3. The van der Waals surface area contributed by atoms with E-state index in [4.69, 9.17) is 5.11 Å². The molecule has 182 valence electrons. The fraction of sp³-hybridized carbons (Fsp3) is 0.429. The molecule has 18 heteroatoms. The maximum absolute atomic E-state index is 11.9. The molecule has 0 fully saturated rings. The molecule has 3 N–H and O–H groups in total. The molecule has 0 saturated carbocycles. The molecule has 2 rings (SSSR count). The molecule has 1 atom stereocenters. The van der Waals surface area contributed by atoms with Gasteiger partial charge in [0, 0.05) is 0 Å². The average Bonchev–Trinajstić information content (AvgIpc) is 3.29. The zero-order chi connectivity index (χ0) is 25.3. The lowest BCUT2D eigenvalue weighted by atomic mass is 10.1. The molecule has 1 unspecified atom stereocenters. The number of nitrogens with one attached hydrogen (secondary N) is 1. The normalized spacial score (nSPS) is 12.2. The van der Waals surface area contributed by atoms with Gasteiger partial charge in [0.2, 0.25) is 17.7 Å². The SMILES string of the molecule is CC[n+]1cc[nH]c1-n1cc[n+](CC)c1C(O)C(=O)C(=O)CO.F[B-](F)(F)F.F[B-](F)(F)F. The molecule has 0 aromatic carbocycles. The van der Waals surface area contributed by atoms with E-state index in [9.17, 15) is 49.2 Å². The van der Waals surface area contributed by atoms with Gasteiger partial charge < -0.3 is 44.7 Å². The molecule has 0 amide bonds. The number of Topliss-reactive ketones (excluding diaryl/α,β-unsaturated/α-hetero) is 2. The van der Waals surface area contributed by atoms with Gasteiger partial charge in [0.05, 0.1) is 25.5 Å². The Morgan fingerprint density at radius 3 is 1.88 bits per heavy atom. The lowest BCUT2D eigenvalue weighted by Gasteiger charge is -2.07. The first-order valence-electron chi connectivity index (χ1n) is 8.83. The van der Waals surface area contributed by atoms with Crippen molar-refractivity contribution < 1.29 is 63.5 Å². The Morgan fingerprint density at radius 2 is 1.47 bits per heavy atom. The van der Waals surface area contributed by atoms with Gasteiger partial charge in [0.25, 0.3) is 0 Å². The Hall–Kier alpha value is -2.75. The van der Waals surface area contributed by atoms with Crippen LogP contribution >= 0.6 is 0 Å². The molecule has 2 aromatic rings. The Labute approximate surface area is 176 Å². The van der Waals surface area contributed by atoms with Crippen LogP contribution in [0.2, 0.25) is 0 Å². The monoisotopic (exact) mass is 482 g/mol. The predicted octanol–water partition coefficient (Wildman–Crippen LogP) is 1.18. The molecule has 0 saturated heterocycles. The van der Waals surface area contributed by atoms with Crippen LogP contribution in [0.1, 0.15) is 25.8 Å². The number of aromatic amines is 1. The van der Waals surface area contributed by atoms with Crippen LogP contribution in [0.5, 0.6) is 0 Å². The van der Waals surface area contributed by atoms with Crippen LogP contribution in [-0.2, 0) is 22.7 Å². The number of imidazole rings is 2. The van der Waals surface area contributed by atoms with Gasteiger partial charge in [-0.2, -0.15) is 0 Å². The summed E-state index contributed by atoms with van der Waals surface area (Å²) in [7, 11) is -12.0. The number of ketones is 2. The van der Waals surface area contributed by atoms with Gasteiger partial charge in [-0.15, -0.1) is 4.57 Å². The molecule has 32 heavy (non-hydrogen) atoms. The second-order valence-corrected chi connectivity index (χ2v) is 5.72. The van der Waals surface area contributed by atoms with Crippen LogP contribution in [-0.4, -0.2) is 52.4 Å². The summed E-state index contributed by atoms with van der Waals surface area (Å²) in [5.41, 5.74) is 0. The minimum atomic E-state index is -6.00. The number of aliphatic hydroxyl groups is 2. The van der Waals surface area contributed by atoms with Crippen molar-refractivity contribution in [3.8, 4) is 5.95 Å². The number of carbonyl (C=O) groups is 2. The number of hydrogen-bond acceptors (Lipinski definition) is 4. The Bertz CT molecular complexity index is 861. The van der Waals surface area contributed by atoms with Crippen molar-refractivity contribution in [2.75, 3.05) is 6.61 Å². The highest BCUT2D eigenvalue weighted by Crippen LogP contribution is 2.14. The first kappa shape index (κ1) is 29.2. The number of hydrogen-bond donors (Lipinski definition) is 3. The maximum Gasteiger partial charge on any atom is 0.673 e. The lowest BCUT2D eigenvalue weighted by molar-refractivity contribution is -0.706. The van der Waals surface area contributed by atoms with Gasteiger partial charge in [-0.05, 0) is 13.8 Å². The highest BCUT2D eigenvalue weighted by molar-refractivity contribution is 6.50. The van der Waals surface area contributed by atoms with Crippen molar-refractivity contribution in [2.24, 2.45) is 0 Å². The van der Waals surface area contributed by atoms with E-state index in [1.807, 2.05) is 24.6 Å². The molecule has 2 aromatic heterocycles. The molecular weight excluding hydrogens is 462 g/mol. The highest BCUT2D eigenvalue weighted by Gasteiger charge is 2.36. The lowest BCUT2D eigenvalue weighted by Crippen LogP contribution is -2.43. The summed E-state index contributed by atoms with van der Waals surface area (Å²) in [6.45, 7) is 4.13. The fourth-order valence-electron chi connectivity index (χ4n) is 2.34. The van der Waals surface area contributed by atoms with Crippen LogP contribution in [0.25, 0.3) is 5.95 Å². The van der Waals surface area contributed by atoms with E-state index < -0.39 is 38.8 Å². The van der Waals surface area contributed by atoms with Gasteiger partial charge >= 0.3 is 26.3 Å². The zero-order valence-corrected chi connectivity index (χ0v) is 16.7. The molecule has 0 radical (unpaired) electrons. The van der Waals surface area contributed by atoms with Gasteiger partial charge in [-0.3, -0.25) is 9.59 Å². The number of carbonyl (C=O) groups excluding carboxylic acids is 2. The summed E-state index contributed by atoms with van der Waals surface area (Å²) in [6.07, 6.45) is 5.37. The summed E-state index contributed by atoms with van der Waals surface area (Å²) >= 11 is 0. The number of aliphatic hydroxyl groups excluding tert-OH is 2. The first-order chi connectivity index (χ1) is 14.5. The van der Waals surface area contributed by atoms with Crippen molar-refractivity contribution in [3.05, 3.63) is 30.6 Å². The molecule has 8 nitrogen and oxygen atoms in total. The van der Waals surface area contributed by atoms with Crippen molar-refractivity contribution in [1.29, 1.82) is 0 Å². The van der Waals surface area contributed by atoms with Crippen molar-refractivity contribution >= 4 is 26.1 Å². The minimum absolute atomic E-state index is 0.263. The number of aryl methyl sites for hydroxylation is 2. The summed E-state index contributed by atoms with van der Waals surface area (Å²) in [4.78, 5) is 26.3. The molecule has 0 spiro atoms. The topological polar surface area (TPSA) is 103 Å². The smallest absolute Gasteiger partial charge is 0.418 e. The summed E-state index contributed by atoms with van der Waals surface area (Å²) in [6, 6.07) is 0. The largest absolute Gasteiger partial charge is 0.673 e. The van der Waals surface area contributed by atoms with E-state index in [-0.39, 0.29) is 5.82 Å². The quantitative estimate of drug-likeness (QED) is 0.239. The van der Waals surface area contributed by atoms with Crippen LogP contribution in [0.4, 0.5) is 34.5 Å². The maximum atomic E-state index is 11.9. The summed E-state index contributed by atoms with van der Waals surface area (Å²) in [5.74, 6) is -1.12. The molecule has 0 aliphatic carbocycles. The van der Waals surface area contributed by atoms with Gasteiger partial charge in [0.1, 0.15) is 19.0 Å². The van der Waals surface area contributed by atoms with Crippen molar-refractivity contribution in [1.82, 2.24) is 9.55 Å². The van der Waals surface area contributed by atoms with Gasteiger partial charge in [0.15, 0.2) is 0 Å². The third kappa shape index (κ3) is 10.5. The van der Waals surface area contributed by atoms with Crippen molar-refractivity contribution in [2.45, 2.75) is 33.0 Å². The number of nitrogens with zero attached hydrogens (tertiary/aromatic N) is 3. The van der Waals surface area contributed by atoms with Crippen LogP contribution in [0.3, 0.4) is 0 Å². The molecular formula is C14H20B2F8N4O4. The minimum Gasteiger partial charge on any atom is -0.418 e. The fourth-order valence-corrected chi connectivity index (χ4v) is 2.34. The second-order valence-electron chi connectivity index (χ2n) is 5.72. The summed E-state index contributed by atoms with van der Waals surface area (Å²) < 4.78 is 83.2. The van der Waals surface area contributed by atoms with Crippen molar-refractivity contribution in [3.63, 3.8) is 0 Å². The molecule has 0 aliphatic rings. The number of rotatable bonds is 7. The molecule has 2 heterocycles. The third-order valence-corrected chi connectivity index (χ3v) is 3.50. The van der Waals surface area contributed by atoms with E-state index in [0.717, 1.165) is 0 Å². The molecule has 0 aliphatic heterocycles. The summed E-state index contributed by atoms with van der Waals surface area (Å²) in [5, 5.41) is 19.1. The predicted molar refractivity (Wildman–Crippen MR) is 94.3 cm³/mol. The number of aromatic nitrogens is 4. The van der Waals surface area contributed by atoms with E-state index in [0.29, 0.717) is 19.0 Å². The van der Waals surface area contributed by atoms with E-state index >= 15 is 0 Å². The highest BCUT2D eigenvalue weighted by atomic mass is 19.5.